The second-order valence-corrected chi connectivity index (χ2v) is 7.12. The molecule has 9 nitrogen and oxygen atoms in total. The van der Waals surface area contributed by atoms with Gasteiger partial charge in [0.2, 0.25) is 5.91 Å². The number of aromatic nitrogens is 4. The first-order chi connectivity index (χ1) is 14.0. The van der Waals surface area contributed by atoms with Crippen LogP contribution in [0.3, 0.4) is 0 Å². The van der Waals surface area contributed by atoms with E-state index in [1.807, 2.05) is 42.7 Å². The number of aryl methyl sites for hydroxylation is 1. The summed E-state index contributed by atoms with van der Waals surface area (Å²) in [6.45, 7) is 6.33. The van der Waals surface area contributed by atoms with Crippen molar-refractivity contribution < 1.29 is 18.8 Å². The molecule has 2 heterocycles. The summed E-state index contributed by atoms with van der Waals surface area (Å²) in [4.78, 5) is 12.1. The molecule has 29 heavy (non-hydrogen) atoms. The molecule has 0 radical (unpaired) electrons. The highest BCUT2D eigenvalue weighted by molar-refractivity contribution is 7.99. The molecule has 0 saturated heterocycles. The number of anilines is 1. The summed E-state index contributed by atoms with van der Waals surface area (Å²) in [6, 6.07) is 9.01. The third-order valence-corrected chi connectivity index (χ3v) is 4.99. The number of nitrogens with one attached hydrogen (secondary N) is 1. The largest absolute Gasteiger partial charge is 0.497 e. The number of nitrogens with zero attached hydrogens (tertiary/aromatic N) is 4. The molecule has 0 aliphatic heterocycles. The van der Waals surface area contributed by atoms with Crippen molar-refractivity contribution in [3.8, 4) is 11.5 Å². The zero-order chi connectivity index (χ0) is 20.8. The maximum absolute atomic E-state index is 12.1. The molecular formula is C19H23N5O4S. The van der Waals surface area contributed by atoms with Crippen LogP contribution >= 0.6 is 11.8 Å². The molecule has 0 fully saturated rings. The number of carbonyl (C=O) groups excluding carboxylic acids is 1. The SMILES string of the molecule is CCn1c(SCC(=O)Nc2cc(C)on2)nnc1C(C)Oc1ccc(OC)cc1. The van der Waals surface area contributed by atoms with Gasteiger partial charge in [-0.1, -0.05) is 16.9 Å². The van der Waals surface area contributed by atoms with Gasteiger partial charge in [0.25, 0.3) is 0 Å². The van der Waals surface area contributed by atoms with E-state index in [1.54, 1.807) is 20.1 Å². The summed E-state index contributed by atoms with van der Waals surface area (Å²) in [6.07, 6.45) is -0.308. The van der Waals surface area contributed by atoms with Crippen molar-refractivity contribution in [1.82, 2.24) is 19.9 Å². The van der Waals surface area contributed by atoms with E-state index in [0.717, 1.165) is 5.75 Å². The van der Waals surface area contributed by atoms with Gasteiger partial charge in [-0.05, 0) is 45.0 Å². The molecule has 10 heteroatoms. The zero-order valence-corrected chi connectivity index (χ0v) is 17.5. The second kappa shape index (κ2) is 9.46. The van der Waals surface area contributed by atoms with E-state index >= 15 is 0 Å². The fourth-order valence-electron chi connectivity index (χ4n) is 2.65. The summed E-state index contributed by atoms with van der Waals surface area (Å²) in [7, 11) is 1.62. The number of benzene rings is 1. The Bertz CT molecular complexity index is 954. The van der Waals surface area contributed by atoms with E-state index in [1.165, 1.54) is 11.8 Å². The van der Waals surface area contributed by atoms with Crippen molar-refractivity contribution in [1.29, 1.82) is 0 Å². The van der Waals surface area contributed by atoms with Crippen molar-refractivity contribution >= 4 is 23.5 Å². The standard InChI is InChI=1S/C19H23N5O4S/c1-5-24-18(13(3)27-15-8-6-14(26-4)7-9-15)21-22-19(24)29-11-17(25)20-16-10-12(2)28-23-16/h6-10,13H,5,11H2,1-4H3,(H,20,23,25). The number of ether oxygens (including phenoxy) is 2. The maximum Gasteiger partial charge on any atom is 0.236 e. The lowest BCUT2D eigenvalue weighted by Gasteiger charge is -2.15. The van der Waals surface area contributed by atoms with Crippen LogP contribution in [0.25, 0.3) is 0 Å². The van der Waals surface area contributed by atoms with Crippen molar-refractivity contribution in [2.75, 3.05) is 18.2 Å². The molecule has 3 rings (SSSR count). The monoisotopic (exact) mass is 417 g/mol. The average Bonchev–Trinajstić information content (AvgIpc) is 3.32. The van der Waals surface area contributed by atoms with E-state index in [4.69, 9.17) is 14.0 Å². The molecule has 0 bridgehead atoms. The molecule has 0 aliphatic carbocycles. The van der Waals surface area contributed by atoms with Crippen LogP contribution in [-0.4, -0.2) is 38.7 Å². The Kier molecular flexibility index (Phi) is 6.76. The molecule has 3 aromatic rings. The van der Waals surface area contributed by atoms with E-state index in [0.29, 0.717) is 34.9 Å². The molecule has 0 saturated carbocycles. The number of amides is 1. The summed E-state index contributed by atoms with van der Waals surface area (Å²) >= 11 is 1.30. The lowest BCUT2D eigenvalue weighted by Crippen LogP contribution is -2.15. The van der Waals surface area contributed by atoms with Gasteiger partial charge < -0.3 is 23.9 Å². The molecule has 154 valence electrons. The highest BCUT2D eigenvalue weighted by Gasteiger charge is 2.19. The Morgan fingerprint density at radius 1 is 1.28 bits per heavy atom. The molecule has 0 aliphatic rings. The van der Waals surface area contributed by atoms with Crippen LogP contribution in [0, 0.1) is 6.92 Å². The third kappa shape index (κ3) is 5.29. The Morgan fingerprint density at radius 2 is 2.00 bits per heavy atom. The molecule has 1 atom stereocenters. The van der Waals surface area contributed by atoms with Gasteiger partial charge in [-0.3, -0.25) is 4.79 Å². The van der Waals surface area contributed by atoms with Gasteiger partial charge in [0.15, 0.2) is 22.9 Å². The lowest BCUT2D eigenvalue weighted by atomic mass is 10.3. The quantitative estimate of drug-likeness (QED) is 0.528. The Morgan fingerprint density at radius 3 is 2.62 bits per heavy atom. The zero-order valence-electron chi connectivity index (χ0n) is 16.7. The number of thioether (sulfide) groups is 1. The molecule has 1 amide bonds. The van der Waals surface area contributed by atoms with Gasteiger partial charge >= 0.3 is 0 Å². The maximum atomic E-state index is 12.1. The minimum Gasteiger partial charge on any atom is -0.497 e. The summed E-state index contributed by atoms with van der Waals surface area (Å²) < 4.78 is 18.0. The van der Waals surface area contributed by atoms with E-state index < -0.39 is 0 Å². The first kappa shape index (κ1) is 20.7. The summed E-state index contributed by atoms with van der Waals surface area (Å²) in [5, 5.41) is 15.6. The van der Waals surface area contributed by atoms with Crippen LogP contribution in [0.1, 0.15) is 31.5 Å². The predicted molar refractivity (Wildman–Crippen MR) is 108 cm³/mol. The van der Waals surface area contributed by atoms with Gasteiger partial charge in [0.05, 0.1) is 12.9 Å². The van der Waals surface area contributed by atoms with Crippen LogP contribution in [0.2, 0.25) is 0 Å². The van der Waals surface area contributed by atoms with Crippen LogP contribution in [0.15, 0.2) is 40.0 Å². The first-order valence-electron chi connectivity index (χ1n) is 9.10. The Balaban J connectivity index is 1.61. The van der Waals surface area contributed by atoms with Crippen molar-refractivity contribution in [2.24, 2.45) is 0 Å². The number of carbonyl (C=O) groups is 1. The fourth-order valence-corrected chi connectivity index (χ4v) is 3.46. The summed E-state index contributed by atoms with van der Waals surface area (Å²) in [5.41, 5.74) is 0. The van der Waals surface area contributed by atoms with Crippen LogP contribution < -0.4 is 14.8 Å². The number of methoxy groups -OCH3 is 1. The van der Waals surface area contributed by atoms with Gasteiger partial charge in [-0.15, -0.1) is 10.2 Å². The van der Waals surface area contributed by atoms with E-state index in [-0.39, 0.29) is 17.8 Å². The Labute approximate surface area is 172 Å². The highest BCUT2D eigenvalue weighted by Crippen LogP contribution is 2.26. The van der Waals surface area contributed by atoms with E-state index in [9.17, 15) is 4.79 Å². The normalized spacial score (nSPS) is 11.9. The summed E-state index contributed by atoms with van der Waals surface area (Å²) in [5.74, 6) is 3.18. The van der Waals surface area contributed by atoms with Crippen LogP contribution in [0.5, 0.6) is 11.5 Å². The minimum absolute atomic E-state index is 0.178. The molecular weight excluding hydrogens is 394 g/mol. The van der Waals surface area contributed by atoms with Crippen molar-refractivity contribution in [3.05, 3.63) is 41.9 Å². The molecule has 2 aromatic heterocycles. The molecule has 1 aromatic carbocycles. The Hall–Kier alpha value is -3.01. The number of rotatable bonds is 9. The molecule has 1 N–H and O–H groups in total. The fraction of sp³-hybridized carbons (Fsp3) is 0.368. The third-order valence-electron chi connectivity index (χ3n) is 4.03. The lowest BCUT2D eigenvalue weighted by molar-refractivity contribution is -0.113. The molecule has 1 unspecified atom stereocenters. The first-order valence-corrected chi connectivity index (χ1v) is 10.1. The van der Waals surface area contributed by atoms with Gasteiger partial charge in [-0.2, -0.15) is 0 Å². The highest BCUT2D eigenvalue weighted by atomic mass is 32.2. The van der Waals surface area contributed by atoms with Gasteiger partial charge in [0.1, 0.15) is 17.3 Å². The van der Waals surface area contributed by atoms with Crippen LogP contribution in [0.4, 0.5) is 5.82 Å². The number of hydrogen-bond donors (Lipinski definition) is 1. The average molecular weight is 417 g/mol. The van der Waals surface area contributed by atoms with E-state index in [2.05, 4.69) is 20.7 Å². The van der Waals surface area contributed by atoms with Crippen LogP contribution in [-0.2, 0) is 11.3 Å². The topological polar surface area (TPSA) is 104 Å². The molecule has 0 spiro atoms. The smallest absolute Gasteiger partial charge is 0.236 e. The predicted octanol–water partition coefficient (Wildman–Crippen LogP) is 3.47. The van der Waals surface area contributed by atoms with Gasteiger partial charge in [0, 0.05) is 12.6 Å². The van der Waals surface area contributed by atoms with Crippen molar-refractivity contribution in [2.45, 2.75) is 38.6 Å². The van der Waals surface area contributed by atoms with Gasteiger partial charge in [-0.25, -0.2) is 0 Å². The second-order valence-electron chi connectivity index (χ2n) is 6.18. The number of hydrogen-bond acceptors (Lipinski definition) is 8. The minimum atomic E-state index is -0.308. The van der Waals surface area contributed by atoms with Crippen molar-refractivity contribution in [3.63, 3.8) is 0 Å².